The predicted octanol–water partition coefficient (Wildman–Crippen LogP) is 3.36. The van der Waals surface area contributed by atoms with Crippen LogP contribution in [-0.2, 0) is 10.0 Å². The van der Waals surface area contributed by atoms with Gasteiger partial charge in [0.25, 0.3) is 0 Å². The zero-order valence-corrected chi connectivity index (χ0v) is 14.9. The minimum absolute atomic E-state index is 0.0865. The van der Waals surface area contributed by atoms with Crippen LogP contribution in [0.15, 0.2) is 63.7 Å². The molecular formula is C17H19N5O2S. The third-order valence-corrected chi connectivity index (χ3v) is 4.80. The summed E-state index contributed by atoms with van der Waals surface area (Å²) in [5.74, 6) is 0. The van der Waals surface area contributed by atoms with Crippen molar-refractivity contribution in [3.05, 3.63) is 48.5 Å². The van der Waals surface area contributed by atoms with Gasteiger partial charge in [0.1, 0.15) is 0 Å². The predicted molar refractivity (Wildman–Crippen MR) is 96.8 cm³/mol. The molecule has 2 aromatic rings. The summed E-state index contributed by atoms with van der Waals surface area (Å²) in [4.78, 5) is 2.12. The van der Waals surface area contributed by atoms with Crippen LogP contribution < -0.4 is 9.62 Å². The summed E-state index contributed by atoms with van der Waals surface area (Å²) in [5, 5.41) is 16.7. The van der Waals surface area contributed by atoms with Crippen LogP contribution in [0.1, 0.15) is 6.42 Å². The average Bonchev–Trinajstić information content (AvgIpc) is 2.61. The molecule has 0 aromatic heterocycles. The summed E-state index contributed by atoms with van der Waals surface area (Å²) in [7, 11) is 0.312. The van der Waals surface area contributed by atoms with Crippen LogP contribution in [0.3, 0.4) is 0 Å². The lowest BCUT2D eigenvalue weighted by Gasteiger charge is -2.11. The summed E-state index contributed by atoms with van der Waals surface area (Å²) in [5.41, 5.74) is 2.32. The average molecular weight is 357 g/mol. The first-order chi connectivity index (χ1) is 11.9. The highest BCUT2D eigenvalue weighted by atomic mass is 32.2. The lowest BCUT2D eigenvalue weighted by molar-refractivity contribution is 0.582. The van der Waals surface area contributed by atoms with E-state index in [4.69, 9.17) is 5.26 Å². The first-order valence-electron chi connectivity index (χ1n) is 7.58. The summed E-state index contributed by atoms with van der Waals surface area (Å²) in [6.45, 7) is 0.0865. The summed E-state index contributed by atoms with van der Waals surface area (Å²) in [6, 6.07) is 15.6. The van der Waals surface area contributed by atoms with Gasteiger partial charge in [-0.15, -0.1) is 0 Å². The Morgan fingerprint density at radius 3 is 2.00 bits per heavy atom. The summed E-state index contributed by atoms with van der Waals surface area (Å²) >= 11 is 0. The Morgan fingerprint density at radius 1 is 1.00 bits per heavy atom. The number of anilines is 1. The molecule has 0 aliphatic carbocycles. The van der Waals surface area contributed by atoms with Crippen molar-refractivity contribution in [2.75, 3.05) is 25.5 Å². The molecule has 7 nitrogen and oxygen atoms in total. The molecule has 0 fully saturated rings. The van der Waals surface area contributed by atoms with Gasteiger partial charge in [0.05, 0.1) is 22.3 Å². The van der Waals surface area contributed by atoms with E-state index in [1.807, 2.05) is 49.3 Å². The van der Waals surface area contributed by atoms with Gasteiger partial charge in [-0.1, -0.05) is 0 Å². The lowest BCUT2D eigenvalue weighted by atomic mass is 10.3. The second-order valence-corrected chi connectivity index (χ2v) is 7.18. The van der Waals surface area contributed by atoms with Crippen molar-refractivity contribution in [2.24, 2.45) is 10.2 Å². The van der Waals surface area contributed by atoms with Crippen molar-refractivity contribution in [3.63, 3.8) is 0 Å². The molecule has 0 amide bonds. The molecule has 0 heterocycles. The minimum Gasteiger partial charge on any atom is -0.378 e. The molecule has 0 saturated carbocycles. The Hall–Kier alpha value is -2.76. The fourth-order valence-corrected chi connectivity index (χ4v) is 2.98. The first kappa shape index (κ1) is 18.6. The van der Waals surface area contributed by atoms with Gasteiger partial charge in [0, 0.05) is 32.7 Å². The van der Waals surface area contributed by atoms with E-state index in [2.05, 4.69) is 15.0 Å². The highest BCUT2D eigenvalue weighted by Gasteiger charge is 2.12. The normalized spacial score (nSPS) is 11.4. The largest absolute Gasteiger partial charge is 0.378 e. The fraction of sp³-hybridized carbons (Fsp3) is 0.235. The Bertz CT molecular complexity index is 867. The number of nitrogens with one attached hydrogen (secondary N) is 1. The SMILES string of the molecule is CN(C)c1ccc(N=Nc2ccc(S(=O)(=O)NCCC#N)cc2)cc1. The van der Waals surface area contributed by atoms with Crippen molar-refractivity contribution in [2.45, 2.75) is 11.3 Å². The van der Waals surface area contributed by atoms with Crippen LogP contribution in [0.4, 0.5) is 17.1 Å². The second-order valence-electron chi connectivity index (χ2n) is 5.41. The number of nitriles is 1. The number of rotatable bonds is 7. The fourth-order valence-electron chi connectivity index (χ4n) is 1.95. The molecule has 25 heavy (non-hydrogen) atoms. The van der Waals surface area contributed by atoms with Gasteiger partial charge in [-0.2, -0.15) is 15.5 Å². The molecule has 0 aliphatic heterocycles. The van der Waals surface area contributed by atoms with Gasteiger partial charge in [-0.3, -0.25) is 0 Å². The third kappa shape index (κ3) is 5.38. The van der Waals surface area contributed by atoms with E-state index < -0.39 is 10.0 Å². The summed E-state index contributed by atoms with van der Waals surface area (Å²) in [6.07, 6.45) is 0.123. The zero-order valence-electron chi connectivity index (χ0n) is 14.0. The topological polar surface area (TPSA) is 97.9 Å². The van der Waals surface area contributed by atoms with Crippen LogP contribution in [0.2, 0.25) is 0 Å². The quantitative estimate of drug-likeness (QED) is 0.607. The van der Waals surface area contributed by atoms with Crippen molar-refractivity contribution in [3.8, 4) is 6.07 Å². The van der Waals surface area contributed by atoms with Crippen LogP contribution >= 0.6 is 0 Å². The maximum absolute atomic E-state index is 12.0. The first-order valence-corrected chi connectivity index (χ1v) is 9.06. The molecule has 1 N–H and O–H groups in total. The number of azo groups is 1. The van der Waals surface area contributed by atoms with Gasteiger partial charge in [-0.05, 0) is 48.5 Å². The third-order valence-electron chi connectivity index (χ3n) is 3.32. The molecule has 0 saturated heterocycles. The van der Waals surface area contributed by atoms with Gasteiger partial charge >= 0.3 is 0 Å². The van der Waals surface area contributed by atoms with E-state index >= 15 is 0 Å². The van der Waals surface area contributed by atoms with Crippen LogP contribution in [0, 0.1) is 11.3 Å². The highest BCUT2D eigenvalue weighted by molar-refractivity contribution is 7.89. The summed E-state index contributed by atoms with van der Waals surface area (Å²) < 4.78 is 26.4. The molecule has 0 unspecified atom stereocenters. The second kappa shape index (κ2) is 8.37. The molecule has 2 rings (SSSR count). The molecule has 0 bridgehead atoms. The van der Waals surface area contributed by atoms with Crippen LogP contribution in [0.25, 0.3) is 0 Å². The van der Waals surface area contributed by atoms with Gasteiger partial charge in [-0.25, -0.2) is 13.1 Å². The van der Waals surface area contributed by atoms with E-state index in [0.29, 0.717) is 11.4 Å². The van der Waals surface area contributed by atoms with Gasteiger partial charge < -0.3 is 4.90 Å². The van der Waals surface area contributed by atoms with Crippen LogP contribution in [0.5, 0.6) is 0 Å². The van der Waals surface area contributed by atoms with Gasteiger partial charge in [0.15, 0.2) is 0 Å². The van der Waals surface area contributed by atoms with Crippen molar-refractivity contribution < 1.29 is 8.42 Å². The van der Waals surface area contributed by atoms with Crippen molar-refractivity contribution in [1.29, 1.82) is 5.26 Å². The van der Waals surface area contributed by atoms with Gasteiger partial charge in [0.2, 0.25) is 10.0 Å². The lowest BCUT2D eigenvalue weighted by Crippen LogP contribution is -2.24. The van der Waals surface area contributed by atoms with E-state index in [1.165, 1.54) is 12.1 Å². The molecule has 2 aromatic carbocycles. The number of nitrogens with zero attached hydrogens (tertiary/aromatic N) is 4. The van der Waals surface area contributed by atoms with E-state index in [1.54, 1.807) is 12.1 Å². The zero-order chi connectivity index (χ0) is 18.3. The smallest absolute Gasteiger partial charge is 0.240 e. The Kier molecular flexibility index (Phi) is 6.22. The number of sulfonamides is 1. The molecule has 130 valence electrons. The Balaban J connectivity index is 2.06. The molecule has 0 radical (unpaired) electrons. The minimum atomic E-state index is -3.61. The Labute approximate surface area is 147 Å². The van der Waals surface area contributed by atoms with Crippen LogP contribution in [-0.4, -0.2) is 29.1 Å². The van der Waals surface area contributed by atoms with E-state index in [0.717, 1.165) is 5.69 Å². The molecule has 8 heteroatoms. The highest BCUT2D eigenvalue weighted by Crippen LogP contribution is 2.22. The van der Waals surface area contributed by atoms with Crippen molar-refractivity contribution in [1.82, 2.24) is 4.72 Å². The Morgan fingerprint density at radius 2 is 1.52 bits per heavy atom. The molecular weight excluding hydrogens is 338 g/mol. The maximum atomic E-state index is 12.0. The van der Waals surface area contributed by atoms with E-state index in [9.17, 15) is 8.42 Å². The molecule has 0 aliphatic rings. The molecule has 0 spiro atoms. The number of benzene rings is 2. The molecule has 0 atom stereocenters. The standard InChI is InChI=1S/C17H19N5O2S/c1-22(2)16-8-4-14(5-9-16)20-21-15-6-10-17(11-7-15)25(23,24)19-13-3-12-18/h4-11,19H,3,13H2,1-2H3. The number of hydrogen-bond acceptors (Lipinski definition) is 6. The van der Waals surface area contributed by atoms with E-state index in [-0.39, 0.29) is 17.9 Å². The maximum Gasteiger partial charge on any atom is 0.240 e. The number of hydrogen-bond donors (Lipinski definition) is 1. The monoisotopic (exact) mass is 357 g/mol. The van der Waals surface area contributed by atoms with Crippen molar-refractivity contribution >= 4 is 27.1 Å².